The van der Waals surface area contributed by atoms with Crippen LogP contribution in [0.15, 0.2) is 12.2 Å². The molecule has 0 N–H and O–H groups in total. The molecule has 0 aliphatic heterocycles. The summed E-state index contributed by atoms with van der Waals surface area (Å²) in [4.78, 5) is 12.4. The van der Waals surface area contributed by atoms with Crippen molar-refractivity contribution in [2.24, 2.45) is 47.3 Å². The van der Waals surface area contributed by atoms with Crippen molar-refractivity contribution in [2.45, 2.75) is 46.0 Å². The normalized spacial score (nSPS) is 45.6. The molecule has 0 heterocycles. The number of allylic oxidation sites excluding steroid dienone is 2. The van der Waals surface area contributed by atoms with Crippen LogP contribution in [-0.4, -0.2) is 12.6 Å². The van der Waals surface area contributed by atoms with Crippen LogP contribution in [0, 0.1) is 47.3 Å². The highest BCUT2D eigenvalue weighted by Gasteiger charge is 2.62. The summed E-state index contributed by atoms with van der Waals surface area (Å²) in [5, 5.41) is 0. The van der Waals surface area contributed by atoms with Crippen LogP contribution < -0.4 is 0 Å². The Labute approximate surface area is 128 Å². The lowest BCUT2D eigenvalue weighted by Gasteiger charge is -2.35. The lowest BCUT2D eigenvalue weighted by atomic mass is 9.69. The van der Waals surface area contributed by atoms with Gasteiger partial charge in [-0.05, 0) is 73.5 Å². The van der Waals surface area contributed by atoms with Gasteiger partial charge in [0.05, 0.1) is 12.5 Å². The first-order chi connectivity index (χ1) is 10.1. The zero-order chi connectivity index (χ0) is 14.6. The van der Waals surface area contributed by atoms with Crippen molar-refractivity contribution >= 4 is 5.97 Å². The van der Waals surface area contributed by atoms with E-state index in [1.54, 1.807) is 0 Å². The Balaban J connectivity index is 1.34. The molecule has 4 aliphatic carbocycles. The van der Waals surface area contributed by atoms with Gasteiger partial charge in [-0.1, -0.05) is 26.0 Å². The zero-order valence-electron chi connectivity index (χ0n) is 13.3. The van der Waals surface area contributed by atoms with Gasteiger partial charge in [-0.15, -0.1) is 0 Å². The van der Waals surface area contributed by atoms with Crippen LogP contribution in [0.4, 0.5) is 0 Å². The van der Waals surface area contributed by atoms with Crippen LogP contribution in [0.25, 0.3) is 0 Å². The van der Waals surface area contributed by atoms with Gasteiger partial charge in [-0.25, -0.2) is 0 Å². The van der Waals surface area contributed by atoms with Crippen LogP contribution in [0.3, 0.4) is 0 Å². The average Bonchev–Trinajstić information content (AvgIpc) is 3.19. The van der Waals surface area contributed by atoms with Gasteiger partial charge in [0.25, 0.3) is 0 Å². The van der Waals surface area contributed by atoms with E-state index in [-0.39, 0.29) is 11.9 Å². The van der Waals surface area contributed by atoms with Crippen LogP contribution in [0.2, 0.25) is 0 Å². The van der Waals surface area contributed by atoms with E-state index in [1.165, 1.54) is 12.8 Å². The summed E-state index contributed by atoms with van der Waals surface area (Å²) in [5.74, 6) is 5.85. The van der Waals surface area contributed by atoms with E-state index in [9.17, 15) is 4.79 Å². The minimum atomic E-state index is 0.122. The molecule has 3 fully saturated rings. The number of rotatable bonds is 5. The molecular formula is C19H28O2. The van der Waals surface area contributed by atoms with Gasteiger partial charge < -0.3 is 4.74 Å². The quantitative estimate of drug-likeness (QED) is 0.330. The van der Waals surface area contributed by atoms with Gasteiger partial charge in [-0.2, -0.15) is 0 Å². The van der Waals surface area contributed by atoms with Crippen LogP contribution in [-0.2, 0) is 9.53 Å². The third-order valence-corrected chi connectivity index (χ3v) is 6.74. The lowest BCUT2D eigenvalue weighted by molar-refractivity contribution is -0.152. The second-order valence-corrected chi connectivity index (χ2v) is 8.31. The monoisotopic (exact) mass is 288 g/mol. The van der Waals surface area contributed by atoms with E-state index >= 15 is 0 Å². The molecule has 4 aliphatic rings. The fraction of sp³-hybridized carbons (Fsp3) is 0.842. The summed E-state index contributed by atoms with van der Waals surface area (Å²) in [5.41, 5.74) is 0. The molecule has 0 radical (unpaired) electrons. The molecule has 7 atom stereocenters. The number of ether oxygens (including phenoxy) is 1. The number of esters is 1. The molecule has 4 bridgehead atoms. The SMILES string of the molecule is CC(C)CCCOC(=O)C1CC2CC1C1C3C=CC(C3)C21. The molecule has 7 unspecified atom stereocenters. The van der Waals surface area contributed by atoms with Crippen molar-refractivity contribution in [3.8, 4) is 0 Å². The van der Waals surface area contributed by atoms with E-state index in [2.05, 4.69) is 26.0 Å². The molecular weight excluding hydrogens is 260 g/mol. The Morgan fingerprint density at radius 1 is 1.14 bits per heavy atom. The minimum Gasteiger partial charge on any atom is -0.465 e. The molecule has 116 valence electrons. The largest absolute Gasteiger partial charge is 0.465 e. The first kappa shape index (κ1) is 13.8. The van der Waals surface area contributed by atoms with Gasteiger partial charge in [-0.3, -0.25) is 4.79 Å². The van der Waals surface area contributed by atoms with Crippen molar-refractivity contribution in [3.63, 3.8) is 0 Å². The first-order valence-electron chi connectivity index (χ1n) is 9.00. The maximum Gasteiger partial charge on any atom is 0.309 e. The molecule has 21 heavy (non-hydrogen) atoms. The Morgan fingerprint density at radius 3 is 2.67 bits per heavy atom. The van der Waals surface area contributed by atoms with Crippen molar-refractivity contribution in [1.82, 2.24) is 0 Å². The molecule has 3 saturated carbocycles. The van der Waals surface area contributed by atoms with Crippen molar-refractivity contribution in [1.29, 1.82) is 0 Å². The van der Waals surface area contributed by atoms with Gasteiger partial charge >= 0.3 is 5.97 Å². The number of fused-ring (bicyclic) bond motifs is 9. The number of hydrogen-bond donors (Lipinski definition) is 0. The predicted molar refractivity (Wildman–Crippen MR) is 82.5 cm³/mol. The highest BCUT2D eigenvalue weighted by Crippen LogP contribution is 2.67. The summed E-state index contributed by atoms with van der Waals surface area (Å²) in [6.45, 7) is 5.08. The molecule has 4 rings (SSSR count). The number of carbonyl (C=O) groups excluding carboxylic acids is 1. The van der Waals surface area contributed by atoms with Crippen molar-refractivity contribution in [3.05, 3.63) is 12.2 Å². The Hall–Kier alpha value is -0.790. The molecule has 0 amide bonds. The fourth-order valence-corrected chi connectivity index (χ4v) is 6.06. The van der Waals surface area contributed by atoms with E-state index in [1.807, 2.05) is 0 Å². The highest BCUT2D eigenvalue weighted by molar-refractivity contribution is 5.73. The maximum absolute atomic E-state index is 12.4. The zero-order valence-corrected chi connectivity index (χ0v) is 13.3. The highest BCUT2D eigenvalue weighted by atomic mass is 16.5. The predicted octanol–water partition coefficient (Wildman–Crippen LogP) is 4.06. The van der Waals surface area contributed by atoms with Crippen LogP contribution in [0.1, 0.15) is 46.0 Å². The summed E-state index contributed by atoms with van der Waals surface area (Å²) in [7, 11) is 0. The Morgan fingerprint density at radius 2 is 1.90 bits per heavy atom. The smallest absolute Gasteiger partial charge is 0.309 e. The topological polar surface area (TPSA) is 26.3 Å². The van der Waals surface area contributed by atoms with E-state index in [0.29, 0.717) is 18.4 Å². The van der Waals surface area contributed by atoms with Crippen molar-refractivity contribution < 1.29 is 9.53 Å². The first-order valence-corrected chi connectivity index (χ1v) is 9.00. The van der Waals surface area contributed by atoms with Crippen molar-refractivity contribution in [2.75, 3.05) is 6.61 Å². The molecule has 0 aromatic carbocycles. The van der Waals surface area contributed by atoms with Gasteiger partial charge in [0.15, 0.2) is 0 Å². The summed E-state index contributed by atoms with van der Waals surface area (Å²) < 4.78 is 5.60. The third kappa shape index (κ3) is 2.17. The number of carbonyl (C=O) groups is 1. The average molecular weight is 288 g/mol. The van der Waals surface area contributed by atoms with Gasteiger partial charge in [0, 0.05) is 0 Å². The maximum atomic E-state index is 12.4. The van der Waals surface area contributed by atoms with E-state index in [0.717, 1.165) is 48.9 Å². The lowest BCUT2D eigenvalue weighted by Crippen LogP contribution is -2.35. The van der Waals surface area contributed by atoms with E-state index < -0.39 is 0 Å². The minimum absolute atomic E-state index is 0.122. The van der Waals surface area contributed by atoms with Crippen LogP contribution >= 0.6 is 0 Å². The molecule has 0 spiro atoms. The molecule has 2 heteroatoms. The molecule has 2 nitrogen and oxygen atoms in total. The van der Waals surface area contributed by atoms with Gasteiger partial charge in [0.1, 0.15) is 0 Å². The van der Waals surface area contributed by atoms with E-state index in [4.69, 9.17) is 4.74 Å². The molecule has 0 aromatic rings. The molecule has 0 saturated heterocycles. The van der Waals surface area contributed by atoms with Gasteiger partial charge in [0.2, 0.25) is 0 Å². The fourth-order valence-electron chi connectivity index (χ4n) is 6.06. The van der Waals surface area contributed by atoms with Crippen LogP contribution in [0.5, 0.6) is 0 Å². The Kier molecular flexibility index (Phi) is 3.39. The summed E-state index contributed by atoms with van der Waals surface area (Å²) >= 11 is 0. The second kappa shape index (κ2) is 5.14. The third-order valence-electron chi connectivity index (χ3n) is 6.74. The molecule has 0 aromatic heterocycles. The number of hydrogen-bond acceptors (Lipinski definition) is 2. The standard InChI is InChI=1S/C19H28O2/c1-11(2)4-3-7-21-19(20)16-10-14-9-15(16)18-13-6-5-12(8-13)17(14)18/h5-6,11-18H,3-4,7-10H2,1-2H3. The second-order valence-electron chi connectivity index (χ2n) is 8.31. The summed E-state index contributed by atoms with van der Waals surface area (Å²) in [6.07, 6.45) is 10.9. The summed E-state index contributed by atoms with van der Waals surface area (Å²) in [6, 6.07) is 0. The Bertz CT molecular complexity index is 452.